The molecule has 7 nitrogen and oxygen atoms in total. The van der Waals surface area contributed by atoms with E-state index in [0.717, 1.165) is 44.8 Å². The number of unbranched alkanes of at least 4 members (excludes halogenated alkanes) is 7. The second kappa shape index (κ2) is 12.9. The Balaban J connectivity index is 1.92. The van der Waals surface area contributed by atoms with E-state index in [2.05, 4.69) is 13.8 Å². The Morgan fingerprint density at radius 3 is 2.25 bits per heavy atom. The van der Waals surface area contributed by atoms with E-state index in [0.29, 0.717) is 19.0 Å². The van der Waals surface area contributed by atoms with Gasteiger partial charge in [-0.15, -0.1) is 0 Å². The Morgan fingerprint density at radius 2 is 1.53 bits per heavy atom. The smallest absolute Gasteiger partial charge is 0.338 e. The second-order valence-electron chi connectivity index (χ2n) is 9.17. The summed E-state index contributed by atoms with van der Waals surface area (Å²) < 4.78 is 42.1. The van der Waals surface area contributed by atoms with Gasteiger partial charge in [0.2, 0.25) is 5.43 Å². The van der Waals surface area contributed by atoms with E-state index >= 15 is 0 Å². The van der Waals surface area contributed by atoms with E-state index < -0.39 is 21.2 Å². The van der Waals surface area contributed by atoms with Crippen molar-refractivity contribution in [2.45, 2.75) is 76.5 Å². The molecule has 1 aromatic heterocycles. The standard InChI is InChI=1S/C28H36O7S/c1-4-6-8-9-10-12-15-33-21-18-23-26(29)22-17-20(28(30)34-16-11-7-5-2)13-14-24(22)35-27(23)25(19-21)36(3,31)32/h13-14,17-19H,4-12,15-16H2,1-3H3. The van der Waals surface area contributed by atoms with Crippen LogP contribution in [0.1, 0.15) is 82.0 Å². The topological polar surface area (TPSA) is 99.9 Å². The van der Waals surface area contributed by atoms with Gasteiger partial charge in [0, 0.05) is 12.3 Å². The van der Waals surface area contributed by atoms with Crippen LogP contribution < -0.4 is 10.2 Å². The number of hydrogen-bond acceptors (Lipinski definition) is 7. The highest BCUT2D eigenvalue weighted by Crippen LogP contribution is 2.30. The van der Waals surface area contributed by atoms with Gasteiger partial charge in [0.25, 0.3) is 0 Å². The minimum absolute atomic E-state index is 0.0168. The first-order valence-corrected chi connectivity index (χ1v) is 14.7. The fourth-order valence-electron chi connectivity index (χ4n) is 4.06. The fourth-order valence-corrected chi connectivity index (χ4v) is 4.88. The number of sulfone groups is 1. The lowest BCUT2D eigenvalue weighted by atomic mass is 10.1. The SMILES string of the molecule is CCCCCCCCOc1cc(S(C)(=O)=O)c2oc3ccc(C(=O)OCCCCC)cc3c(=O)c2c1. The zero-order valence-electron chi connectivity index (χ0n) is 21.4. The second-order valence-corrected chi connectivity index (χ2v) is 11.2. The summed E-state index contributed by atoms with van der Waals surface area (Å²) in [4.78, 5) is 25.7. The monoisotopic (exact) mass is 516 g/mol. The molecule has 0 fully saturated rings. The lowest BCUT2D eigenvalue weighted by Crippen LogP contribution is -2.10. The molecule has 8 heteroatoms. The van der Waals surface area contributed by atoms with Gasteiger partial charge in [-0.25, -0.2) is 13.2 Å². The maximum atomic E-state index is 13.4. The third-order valence-electron chi connectivity index (χ3n) is 6.09. The summed E-state index contributed by atoms with van der Waals surface area (Å²) >= 11 is 0. The Bertz CT molecular complexity index is 1360. The molecule has 0 N–H and O–H groups in total. The first-order chi connectivity index (χ1) is 17.3. The minimum atomic E-state index is -3.71. The molecule has 3 rings (SSSR count). The van der Waals surface area contributed by atoms with Crippen molar-refractivity contribution in [2.75, 3.05) is 19.5 Å². The number of rotatable bonds is 14. The van der Waals surface area contributed by atoms with Gasteiger partial charge in [0.15, 0.2) is 15.4 Å². The lowest BCUT2D eigenvalue weighted by molar-refractivity contribution is 0.0498. The van der Waals surface area contributed by atoms with E-state index in [1.165, 1.54) is 49.6 Å². The normalized spacial score (nSPS) is 11.8. The highest BCUT2D eigenvalue weighted by Gasteiger charge is 2.21. The Hall–Kier alpha value is -2.87. The predicted molar refractivity (Wildman–Crippen MR) is 142 cm³/mol. The van der Waals surface area contributed by atoms with Gasteiger partial charge < -0.3 is 13.9 Å². The maximum absolute atomic E-state index is 13.4. The molecule has 0 aliphatic carbocycles. The molecule has 0 unspecified atom stereocenters. The minimum Gasteiger partial charge on any atom is -0.494 e. The Morgan fingerprint density at radius 1 is 0.861 bits per heavy atom. The maximum Gasteiger partial charge on any atom is 0.338 e. The van der Waals surface area contributed by atoms with E-state index in [1.54, 1.807) is 0 Å². The van der Waals surface area contributed by atoms with Crippen LogP contribution in [-0.2, 0) is 14.6 Å². The fraction of sp³-hybridized carbons (Fsp3) is 0.500. The number of carbonyl (C=O) groups is 1. The summed E-state index contributed by atoms with van der Waals surface area (Å²) in [6, 6.07) is 7.37. The summed E-state index contributed by atoms with van der Waals surface area (Å²) in [6.45, 7) is 4.97. The predicted octanol–water partition coefficient (Wildman–Crippen LogP) is 6.44. The molecule has 0 saturated heterocycles. The van der Waals surface area contributed by atoms with Crippen LogP contribution in [0.2, 0.25) is 0 Å². The molecule has 0 aliphatic rings. The van der Waals surface area contributed by atoms with Crippen LogP contribution >= 0.6 is 0 Å². The first kappa shape index (κ1) is 27.7. The Kier molecular flexibility index (Phi) is 9.93. The number of ether oxygens (including phenoxy) is 2. The molecule has 3 aromatic rings. The molecule has 0 amide bonds. The molecule has 0 bridgehead atoms. The van der Waals surface area contributed by atoms with Crippen LogP contribution in [-0.4, -0.2) is 33.9 Å². The highest BCUT2D eigenvalue weighted by molar-refractivity contribution is 7.91. The van der Waals surface area contributed by atoms with Gasteiger partial charge in [0.1, 0.15) is 16.2 Å². The number of hydrogen-bond donors (Lipinski definition) is 0. The van der Waals surface area contributed by atoms with Gasteiger partial charge in [-0.3, -0.25) is 4.79 Å². The molecule has 0 saturated carbocycles. The van der Waals surface area contributed by atoms with Gasteiger partial charge >= 0.3 is 5.97 Å². The van der Waals surface area contributed by atoms with Crippen LogP contribution in [0, 0.1) is 0 Å². The number of carbonyl (C=O) groups excluding carboxylic acids is 1. The lowest BCUT2D eigenvalue weighted by Gasteiger charge is -2.11. The van der Waals surface area contributed by atoms with Crippen molar-refractivity contribution in [3.05, 3.63) is 46.1 Å². The first-order valence-electron chi connectivity index (χ1n) is 12.8. The van der Waals surface area contributed by atoms with Crippen molar-refractivity contribution in [3.8, 4) is 5.75 Å². The molecule has 0 radical (unpaired) electrons. The van der Waals surface area contributed by atoms with Gasteiger partial charge in [-0.1, -0.05) is 58.8 Å². The van der Waals surface area contributed by atoms with Crippen LogP contribution in [0.15, 0.2) is 44.4 Å². The van der Waals surface area contributed by atoms with E-state index in [1.807, 2.05) is 0 Å². The summed E-state index contributed by atoms with van der Waals surface area (Å²) in [6.07, 6.45) is 10.4. The quantitative estimate of drug-likeness (QED) is 0.138. The molecule has 0 spiro atoms. The molecular formula is C28H36O7S. The van der Waals surface area contributed by atoms with Crippen molar-refractivity contribution in [1.29, 1.82) is 0 Å². The van der Waals surface area contributed by atoms with Crippen LogP contribution in [0.5, 0.6) is 5.75 Å². The van der Waals surface area contributed by atoms with Crippen LogP contribution in [0.4, 0.5) is 0 Å². The molecule has 0 aliphatic heterocycles. The third-order valence-corrected chi connectivity index (χ3v) is 7.19. The number of fused-ring (bicyclic) bond motifs is 2. The Labute approximate surface area is 212 Å². The molecular weight excluding hydrogens is 480 g/mol. The van der Waals surface area contributed by atoms with Gasteiger partial charge in [0.05, 0.1) is 29.5 Å². The summed E-state index contributed by atoms with van der Waals surface area (Å²) in [5.74, 6) is -0.213. The summed E-state index contributed by atoms with van der Waals surface area (Å²) in [5.41, 5.74) is -0.0104. The van der Waals surface area contributed by atoms with Crippen molar-refractivity contribution in [2.24, 2.45) is 0 Å². The zero-order chi connectivity index (χ0) is 26.1. The number of esters is 1. The van der Waals surface area contributed by atoms with Crippen molar-refractivity contribution >= 4 is 37.7 Å². The number of benzene rings is 2. The van der Waals surface area contributed by atoms with Gasteiger partial charge in [-0.05, 0) is 37.1 Å². The third kappa shape index (κ3) is 7.09. The molecule has 0 atom stereocenters. The van der Waals surface area contributed by atoms with Crippen molar-refractivity contribution < 1.29 is 27.1 Å². The largest absolute Gasteiger partial charge is 0.494 e. The average molecular weight is 517 g/mol. The van der Waals surface area contributed by atoms with Crippen LogP contribution in [0.3, 0.4) is 0 Å². The van der Waals surface area contributed by atoms with E-state index in [-0.39, 0.29) is 32.4 Å². The average Bonchev–Trinajstić information content (AvgIpc) is 2.85. The zero-order valence-corrected chi connectivity index (χ0v) is 22.2. The summed E-state index contributed by atoms with van der Waals surface area (Å²) in [7, 11) is -3.71. The van der Waals surface area contributed by atoms with Crippen LogP contribution in [0.25, 0.3) is 21.9 Å². The van der Waals surface area contributed by atoms with E-state index in [4.69, 9.17) is 13.9 Å². The molecule has 196 valence electrons. The molecule has 2 aromatic carbocycles. The van der Waals surface area contributed by atoms with Crippen molar-refractivity contribution in [1.82, 2.24) is 0 Å². The van der Waals surface area contributed by atoms with Crippen molar-refractivity contribution in [3.63, 3.8) is 0 Å². The van der Waals surface area contributed by atoms with E-state index in [9.17, 15) is 18.0 Å². The molecule has 36 heavy (non-hydrogen) atoms. The molecule has 1 heterocycles. The summed E-state index contributed by atoms with van der Waals surface area (Å²) in [5, 5.41) is 0.273. The highest BCUT2D eigenvalue weighted by atomic mass is 32.2. The van der Waals surface area contributed by atoms with Gasteiger partial charge in [-0.2, -0.15) is 0 Å².